The number of nitrogens with one attached hydrogen (secondary N) is 2. The summed E-state index contributed by atoms with van der Waals surface area (Å²) in [4.78, 5) is 39.1. The number of nitrogens with zero attached hydrogens (tertiary/aromatic N) is 1. The largest absolute Gasteiger partial charge is 0.484 e. The Morgan fingerprint density at radius 3 is 2.03 bits per heavy atom. The molecule has 0 spiro atoms. The quantitative estimate of drug-likeness (QED) is 0.659. The fraction of sp³-hybridized carbons (Fsp3) is 0.423. The molecule has 0 aromatic heterocycles. The van der Waals surface area contributed by atoms with Crippen molar-refractivity contribution in [2.24, 2.45) is 0 Å². The molecule has 2 aromatic carbocycles. The summed E-state index contributed by atoms with van der Waals surface area (Å²) in [6, 6.07) is 13.9. The third-order valence-corrected chi connectivity index (χ3v) is 5.79. The predicted octanol–water partition coefficient (Wildman–Crippen LogP) is 4.25. The zero-order valence-electron chi connectivity index (χ0n) is 19.8. The summed E-state index contributed by atoms with van der Waals surface area (Å²) in [5, 5.41) is 5.64. The van der Waals surface area contributed by atoms with Crippen LogP contribution < -0.4 is 15.4 Å². The number of hydrogen-bond donors (Lipinski definition) is 2. The first-order chi connectivity index (χ1) is 15.7. The lowest BCUT2D eigenvalue weighted by atomic mass is 9.97. The Kier molecular flexibility index (Phi) is 8.09. The fourth-order valence-corrected chi connectivity index (χ4v) is 4.09. The minimum absolute atomic E-state index is 0.0120. The lowest BCUT2D eigenvalue weighted by Gasteiger charge is -2.38. The van der Waals surface area contributed by atoms with Gasteiger partial charge >= 0.3 is 0 Å². The van der Waals surface area contributed by atoms with E-state index in [1.165, 1.54) is 0 Å². The van der Waals surface area contributed by atoms with Gasteiger partial charge in [0.25, 0.3) is 17.7 Å². The van der Waals surface area contributed by atoms with Crippen LogP contribution in [0.2, 0.25) is 0 Å². The van der Waals surface area contributed by atoms with E-state index in [1.807, 2.05) is 18.7 Å². The van der Waals surface area contributed by atoms with Crippen LogP contribution >= 0.6 is 0 Å². The van der Waals surface area contributed by atoms with Gasteiger partial charge in [0.15, 0.2) is 6.61 Å². The van der Waals surface area contributed by atoms with Gasteiger partial charge in [0.2, 0.25) is 0 Å². The molecule has 1 fully saturated rings. The summed E-state index contributed by atoms with van der Waals surface area (Å²) in [6.45, 7) is 7.94. The van der Waals surface area contributed by atoms with Crippen molar-refractivity contribution in [2.75, 3.05) is 11.9 Å². The van der Waals surface area contributed by atoms with Crippen molar-refractivity contribution in [2.45, 2.75) is 65.1 Å². The number of benzene rings is 2. The Morgan fingerprint density at radius 2 is 1.45 bits per heavy atom. The molecule has 0 radical (unpaired) electrons. The van der Waals surface area contributed by atoms with Crippen LogP contribution in [0.1, 0.15) is 67.7 Å². The summed E-state index contributed by atoms with van der Waals surface area (Å²) in [7, 11) is 0. The van der Waals surface area contributed by atoms with Crippen LogP contribution in [0.15, 0.2) is 48.5 Å². The Labute approximate surface area is 195 Å². The summed E-state index contributed by atoms with van der Waals surface area (Å²) in [5.74, 6) is 0.105. The van der Waals surface area contributed by atoms with E-state index in [1.54, 1.807) is 48.5 Å². The van der Waals surface area contributed by atoms with Crippen LogP contribution in [-0.4, -0.2) is 47.4 Å². The van der Waals surface area contributed by atoms with Gasteiger partial charge in [-0.1, -0.05) is 0 Å². The molecule has 176 valence electrons. The second-order valence-corrected chi connectivity index (χ2v) is 8.90. The number of carbonyl (C=O) groups excluding carboxylic acids is 3. The first-order valence-corrected chi connectivity index (χ1v) is 11.5. The third kappa shape index (κ3) is 6.57. The number of hydrogen-bond acceptors (Lipinski definition) is 4. The third-order valence-electron chi connectivity index (χ3n) is 5.79. The molecule has 1 heterocycles. The van der Waals surface area contributed by atoms with E-state index in [9.17, 15) is 14.4 Å². The number of ether oxygens (including phenoxy) is 1. The molecule has 7 nitrogen and oxygen atoms in total. The summed E-state index contributed by atoms with van der Waals surface area (Å²) in [5.41, 5.74) is 1.59. The minimum Gasteiger partial charge on any atom is -0.484 e. The molecule has 0 bridgehead atoms. The first-order valence-electron chi connectivity index (χ1n) is 11.5. The standard InChI is InChI=1S/C26H33N3O4/c1-17(2)27-25(31)20-8-12-22(13-9-20)28-26(32)21-10-14-23(15-11-21)33-16-24(30)29-18(3)6-5-7-19(29)4/h8-15,17-19H,5-7,16H2,1-4H3,(H,27,31)(H,28,32). The highest BCUT2D eigenvalue weighted by atomic mass is 16.5. The van der Waals surface area contributed by atoms with Crippen LogP contribution in [0, 0.1) is 0 Å². The van der Waals surface area contributed by atoms with Crippen molar-refractivity contribution >= 4 is 23.4 Å². The maximum Gasteiger partial charge on any atom is 0.260 e. The van der Waals surface area contributed by atoms with Gasteiger partial charge in [-0.25, -0.2) is 0 Å². The summed E-state index contributed by atoms with van der Waals surface area (Å²) < 4.78 is 5.67. The smallest absolute Gasteiger partial charge is 0.260 e. The highest BCUT2D eigenvalue weighted by Crippen LogP contribution is 2.23. The molecule has 2 N–H and O–H groups in total. The molecule has 1 aliphatic heterocycles. The molecule has 33 heavy (non-hydrogen) atoms. The van der Waals surface area contributed by atoms with E-state index in [-0.39, 0.29) is 42.5 Å². The summed E-state index contributed by atoms with van der Waals surface area (Å²) >= 11 is 0. The monoisotopic (exact) mass is 451 g/mol. The number of carbonyl (C=O) groups is 3. The molecule has 0 aliphatic carbocycles. The van der Waals surface area contributed by atoms with Gasteiger partial charge in [0.1, 0.15) is 5.75 Å². The maximum atomic E-state index is 12.6. The highest BCUT2D eigenvalue weighted by molar-refractivity contribution is 6.04. The summed E-state index contributed by atoms with van der Waals surface area (Å²) in [6.07, 6.45) is 3.19. The Morgan fingerprint density at radius 1 is 0.909 bits per heavy atom. The molecule has 2 aromatic rings. The number of likely N-dealkylation sites (tertiary alicyclic amines) is 1. The first kappa shape index (κ1) is 24.3. The van der Waals surface area contributed by atoms with Gasteiger partial charge in [-0.3, -0.25) is 14.4 Å². The molecule has 2 unspecified atom stereocenters. The van der Waals surface area contributed by atoms with Crippen molar-refractivity contribution in [1.29, 1.82) is 0 Å². The number of piperidine rings is 1. The van der Waals surface area contributed by atoms with E-state index in [0.717, 1.165) is 19.3 Å². The van der Waals surface area contributed by atoms with Crippen LogP contribution in [0.5, 0.6) is 5.75 Å². The number of rotatable bonds is 7. The molecule has 3 amide bonds. The van der Waals surface area contributed by atoms with Gasteiger partial charge in [-0.15, -0.1) is 0 Å². The predicted molar refractivity (Wildman–Crippen MR) is 129 cm³/mol. The zero-order chi connectivity index (χ0) is 24.0. The van der Waals surface area contributed by atoms with Crippen LogP contribution in [0.25, 0.3) is 0 Å². The minimum atomic E-state index is -0.270. The Hall–Kier alpha value is -3.35. The van der Waals surface area contributed by atoms with Crippen molar-refractivity contribution in [3.63, 3.8) is 0 Å². The second-order valence-electron chi connectivity index (χ2n) is 8.90. The zero-order valence-corrected chi connectivity index (χ0v) is 19.8. The van der Waals surface area contributed by atoms with Gasteiger partial charge in [-0.05, 0) is 95.5 Å². The molecule has 0 saturated carbocycles. The number of anilines is 1. The van der Waals surface area contributed by atoms with E-state index < -0.39 is 0 Å². The number of amides is 3. The van der Waals surface area contributed by atoms with Crippen molar-refractivity contribution in [3.8, 4) is 5.75 Å². The fourth-order valence-electron chi connectivity index (χ4n) is 4.09. The van der Waals surface area contributed by atoms with E-state index in [2.05, 4.69) is 24.5 Å². The van der Waals surface area contributed by atoms with Gasteiger partial charge in [-0.2, -0.15) is 0 Å². The second kappa shape index (κ2) is 11.0. The highest BCUT2D eigenvalue weighted by Gasteiger charge is 2.29. The Bertz CT molecular complexity index is 960. The van der Waals surface area contributed by atoms with Crippen molar-refractivity contribution < 1.29 is 19.1 Å². The lowest BCUT2D eigenvalue weighted by molar-refractivity contribution is -0.139. The Balaban J connectivity index is 1.52. The van der Waals surface area contributed by atoms with E-state index in [0.29, 0.717) is 22.6 Å². The van der Waals surface area contributed by atoms with E-state index in [4.69, 9.17) is 4.74 Å². The van der Waals surface area contributed by atoms with Crippen molar-refractivity contribution in [1.82, 2.24) is 10.2 Å². The van der Waals surface area contributed by atoms with Crippen LogP contribution in [-0.2, 0) is 4.79 Å². The molecule has 1 saturated heterocycles. The normalized spacial score (nSPS) is 18.0. The van der Waals surface area contributed by atoms with Gasteiger partial charge < -0.3 is 20.3 Å². The van der Waals surface area contributed by atoms with Gasteiger partial charge in [0, 0.05) is 34.9 Å². The van der Waals surface area contributed by atoms with Crippen molar-refractivity contribution in [3.05, 3.63) is 59.7 Å². The molecule has 2 atom stereocenters. The molecular formula is C26H33N3O4. The SMILES string of the molecule is CC(C)NC(=O)c1ccc(NC(=O)c2ccc(OCC(=O)N3C(C)CCCC3C)cc2)cc1. The average molecular weight is 452 g/mol. The lowest BCUT2D eigenvalue weighted by Crippen LogP contribution is -2.49. The van der Waals surface area contributed by atoms with E-state index >= 15 is 0 Å². The van der Waals surface area contributed by atoms with Crippen LogP contribution in [0.3, 0.4) is 0 Å². The molecule has 3 rings (SSSR count). The molecule has 1 aliphatic rings. The molecule has 7 heteroatoms. The van der Waals surface area contributed by atoms with Gasteiger partial charge in [0.05, 0.1) is 0 Å². The topological polar surface area (TPSA) is 87.7 Å². The average Bonchev–Trinajstić information content (AvgIpc) is 2.78. The van der Waals surface area contributed by atoms with Crippen LogP contribution in [0.4, 0.5) is 5.69 Å². The molecular weight excluding hydrogens is 418 g/mol. The maximum absolute atomic E-state index is 12.6.